The van der Waals surface area contributed by atoms with Gasteiger partial charge in [-0.3, -0.25) is 4.57 Å². The summed E-state index contributed by atoms with van der Waals surface area (Å²) in [6.45, 7) is 9.09. The lowest BCUT2D eigenvalue weighted by molar-refractivity contribution is -0.139. The zero-order chi connectivity index (χ0) is 22.0. The van der Waals surface area contributed by atoms with Gasteiger partial charge in [-0.15, -0.1) is 0 Å². The number of anilines is 1. The van der Waals surface area contributed by atoms with Crippen molar-refractivity contribution in [1.29, 1.82) is 0 Å². The van der Waals surface area contributed by atoms with Crippen LogP contribution in [0.3, 0.4) is 0 Å². The van der Waals surface area contributed by atoms with Crippen molar-refractivity contribution >= 4 is 23.0 Å². The second-order valence-corrected chi connectivity index (χ2v) is 8.18. The van der Waals surface area contributed by atoms with Crippen molar-refractivity contribution in [1.82, 2.24) is 9.55 Å². The molecule has 0 spiro atoms. The summed E-state index contributed by atoms with van der Waals surface area (Å²) in [6, 6.07) is 15.6. The minimum atomic E-state index is -0.340. The maximum Gasteiger partial charge on any atom is 0.338 e. The molecule has 162 valence electrons. The molecule has 0 aliphatic carbocycles. The number of para-hydroxylation sites is 2. The third kappa shape index (κ3) is 4.15. The molecular weight excluding hydrogens is 390 g/mol. The third-order valence-corrected chi connectivity index (χ3v) is 5.49. The van der Waals surface area contributed by atoms with Crippen molar-refractivity contribution in [2.75, 3.05) is 18.5 Å². The second-order valence-electron chi connectivity index (χ2n) is 8.18. The summed E-state index contributed by atoms with van der Waals surface area (Å²) in [4.78, 5) is 17.7. The van der Waals surface area contributed by atoms with Crippen LogP contribution in [0, 0.1) is 5.92 Å². The number of carbonyl (C=O) groups is 1. The summed E-state index contributed by atoms with van der Waals surface area (Å²) in [5, 5.41) is 3.29. The van der Waals surface area contributed by atoms with Crippen LogP contribution in [0.2, 0.25) is 0 Å². The van der Waals surface area contributed by atoms with Crippen LogP contribution in [0.25, 0.3) is 11.0 Å². The van der Waals surface area contributed by atoms with Crippen LogP contribution in [0.5, 0.6) is 5.75 Å². The van der Waals surface area contributed by atoms with Crippen LogP contribution in [-0.4, -0.2) is 28.7 Å². The summed E-state index contributed by atoms with van der Waals surface area (Å²) in [6.07, 6.45) is 1.01. The van der Waals surface area contributed by atoms with E-state index in [4.69, 9.17) is 14.5 Å². The van der Waals surface area contributed by atoms with Crippen molar-refractivity contribution in [3.63, 3.8) is 0 Å². The van der Waals surface area contributed by atoms with Gasteiger partial charge in [0.1, 0.15) is 5.75 Å². The Balaban J connectivity index is 1.76. The zero-order valence-corrected chi connectivity index (χ0v) is 18.5. The van der Waals surface area contributed by atoms with Gasteiger partial charge in [-0.2, -0.15) is 0 Å². The molecule has 2 aromatic carbocycles. The van der Waals surface area contributed by atoms with Gasteiger partial charge in [0.15, 0.2) is 0 Å². The van der Waals surface area contributed by atoms with E-state index in [2.05, 4.69) is 23.7 Å². The molecule has 0 bridgehead atoms. The number of carbonyl (C=O) groups excluding carboxylic acids is 1. The molecule has 0 radical (unpaired) electrons. The van der Waals surface area contributed by atoms with Crippen LogP contribution < -0.4 is 10.1 Å². The Morgan fingerprint density at radius 1 is 1.16 bits per heavy atom. The van der Waals surface area contributed by atoms with Crippen LogP contribution in [0.1, 0.15) is 45.7 Å². The van der Waals surface area contributed by atoms with Gasteiger partial charge in [0.25, 0.3) is 0 Å². The number of ether oxygens (including phenoxy) is 2. The fourth-order valence-electron chi connectivity index (χ4n) is 3.91. The Morgan fingerprint density at radius 3 is 2.61 bits per heavy atom. The van der Waals surface area contributed by atoms with Crippen LogP contribution in [-0.2, 0) is 9.53 Å². The number of aromatic nitrogens is 2. The van der Waals surface area contributed by atoms with Gasteiger partial charge < -0.3 is 14.8 Å². The smallest absolute Gasteiger partial charge is 0.338 e. The highest BCUT2D eigenvalue weighted by molar-refractivity contribution is 5.94. The summed E-state index contributed by atoms with van der Waals surface area (Å²) in [5.74, 6) is 1.82. The normalized spacial score (nSPS) is 15.7. The first-order valence-electron chi connectivity index (χ1n) is 10.8. The predicted octanol–water partition coefficient (Wildman–Crippen LogP) is 5.31. The Labute approximate surface area is 182 Å². The van der Waals surface area contributed by atoms with Crippen molar-refractivity contribution in [3.05, 3.63) is 65.4 Å². The molecule has 31 heavy (non-hydrogen) atoms. The monoisotopic (exact) mass is 419 g/mol. The quantitative estimate of drug-likeness (QED) is 0.526. The van der Waals surface area contributed by atoms with Gasteiger partial charge in [0, 0.05) is 5.70 Å². The molecule has 1 aliphatic heterocycles. The topological polar surface area (TPSA) is 65.4 Å². The van der Waals surface area contributed by atoms with E-state index < -0.39 is 0 Å². The molecule has 6 heteroatoms. The average molecular weight is 420 g/mol. The maximum absolute atomic E-state index is 13.0. The molecule has 4 rings (SSSR count). The van der Waals surface area contributed by atoms with Gasteiger partial charge in [-0.1, -0.05) is 38.1 Å². The first-order valence-corrected chi connectivity index (χ1v) is 10.8. The number of imidazole rings is 1. The van der Waals surface area contributed by atoms with Gasteiger partial charge in [0.05, 0.1) is 35.9 Å². The number of nitrogens with one attached hydrogen (secondary N) is 1. The number of benzene rings is 2. The van der Waals surface area contributed by atoms with E-state index in [1.807, 2.05) is 62.4 Å². The molecule has 1 aliphatic rings. The predicted molar refractivity (Wildman–Crippen MR) is 122 cm³/mol. The molecule has 6 nitrogen and oxygen atoms in total. The van der Waals surface area contributed by atoms with Crippen molar-refractivity contribution < 1.29 is 14.3 Å². The first kappa shape index (κ1) is 21.0. The van der Waals surface area contributed by atoms with Gasteiger partial charge in [-0.25, -0.2) is 9.78 Å². The summed E-state index contributed by atoms with van der Waals surface area (Å²) in [5.41, 5.74) is 4.15. The summed E-state index contributed by atoms with van der Waals surface area (Å²) in [7, 11) is 0. The van der Waals surface area contributed by atoms with Gasteiger partial charge in [-0.05, 0) is 56.0 Å². The zero-order valence-electron chi connectivity index (χ0n) is 18.5. The summed E-state index contributed by atoms with van der Waals surface area (Å²) < 4.78 is 13.4. The highest BCUT2D eigenvalue weighted by Gasteiger charge is 2.34. The molecule has 0 fully saturated rings. The number of hydrogen-bond donors (Lipinski definition) is 1. The van der Waals surface area contributed by atoms with E-state index >= 15 is 0 Å². The number of rotatable bonds is 7. The molecule has 3 aromatic rings. The Kier molecular flexibility index (Phi) is 5.98. The molecule has 1 aromatic heterocycles. The standard InChI is InChI=1S/C25H29N3O3/c1-5-30-24(29)22-17(4)26-25-27-20-8-6-7-9-21(20)28(25)23(22)18-10-12-19(13-11-18)31-15-14-16(2)3/h6-13,16,23H,5,14-15H2,1-4H3,(H,26,27)/t23-/m1/s1. The average Bonchev–Trinajstić information content (AvgIpc) is 3.11. The first-order chi connectivity index (χ1) is 15.0. The summed E-state index contributed by atoms with van der Waals surface area (Å²) >= 11 is 0. The fourth-order valence-corrected chi connectivity index (χ4v) is 3.91. The van der Waals surface area contributed by atoms with Gasteiger partial charge >= 0.3 is 5.97 Å². The molecule has 2 heterocycles. The van der Waals surface area contributed by atoms with Crippen molar-refractivity contribution in [3.8, 4) is 5.75 Å². The van der Waals surface area contributed by atoms with E-state index in [1.54, 1.807) is 0 Å². The molecule has 0 unspecified atom stereocenters. The fraction of sp³-hybridized carbons (Fsp3) is 0.360. The number of fused-ring (bicyclic) bond motifs is 3. The molecular formula is C25H29N3O3. The maximum atomic E-state index is 13.0. The molecule has 1 N–H and O–H groups in total. The van der Waals surface area contributed by atoms with Crippen molar-refractivity contribution in [2.24, 2.45) is 5.92 Å². The van der Waals surface area contributed by atoms with Gasteiger partial charge in [0.2, 0.25) is 5.95 Å². The van der Waals surface area contributed by atoms with E-state index in [0.29, 0.717) is 30.7 Å². The minimum Gasteiger partial charge on any atom is -0.494 e. The Morgan fingerprint density at radius 2 is 1.90 bits per heavy atom. The number of esters is 1. The van der Waals surface area contributed by atoms with Crippen LogP contribution in [0.4, 0.5) is 5.95 Å². The molecule has 0 amide bonds. The molecule has 0 saturated carbocycles. The highest BCUT2D eigenvalue weighted by atomic mass is 16.5. The third-order valence-electron chi connectivity index (χ3n) is 5.49. The van der Waals surface area contributed by atoms with Crippen LogP contribution >= 0.6 is 0 Å². The number of allylic oxidation sites excluding steroid dienone is 1. The van der Waals surface area contributed by atoms with E-state index in [-0.39, 0.29) is 12.0 Å². The lowest BCUT2D eigenvalue weighted by Crippen LogP contribution is -2.29. The molecule has 1 atom stereocenters. The lowest BCUT2D eigenvalue weighted by Gasteiger charge is -2.30. The number of hydrogen-bond acceptors (Lipinski definition) is 5. The number of nitrogens with zero attached hydrogens (tertiary/aromatic N) is 2. The van der Waals surface area contributed by atoms with E-state index in [0.717, 1.165) is 34.5 Å². The lowest BCUT2D eigenvalue weighted by atomic mass is 9.95. The second kappa shape index (κ2) is 8.84. The Hall–Kier alpha value is -3.28. The van der Waals surface area contributed by atoms with Crippen molar-refractivity contribution in [2.45, 2.75) is 40.2 Å². The highest BCUT2D eigenvalue weighted by Crippen LogP contribution is 2.39. The minimum absolute atomic E-state index is 0.321. The molecule has 0 saturated heterocycles. The Bertz CT molecular complexity index is 1110. The van der Waals surface area contributed by atoms with E-state index in [9.17, 15) is 4.79 Å². The SMILES string of the molecule is CCOC(=O)C1=C(C)Nc2nc3ccccc3n2[C@@H]1c1ccc(OCCC(C)C)cc1. The van der Waals surface area contributed by atoms with E-state index in [1.165, 1.54) is 0 Å². The largest absolute Gasteiger partial charge is 0.494 e. The van der Waals surface area contributed by atoms with Crippen LogP contribution in [0.15, 0.2) is 59.8 Å².